The lowest BCUT2D eigenvalue weighted by Crippen LogP contribution is -2.43. The zero-order valence-electron chi connectivity index (χ0n) is 30.9. The molecule has 0 radical (unpaired) electrons. The number of hydrogen-bond acceptors (Lipinski definition) is 4. The summed E-state index contributed by atoms with van der Waals surface area (Å²) in [5.41, 5.74) is 0. The van der Waals surface area contributed by atoms with E-state index in [1.165, 1.54) is 148 Å². The average Bonchev–Trinajstić information content (AvgIpc) is 3.01. The van der Waals surface area contributed by atoms with Crippen molar-refractivity contribution in [3.63, 3.8) is 0 Å². The normalized spacial score (nSPS) is 12.0. The first kappa shape index (κ1) is 44.4. The van der Waals surface area contributed by atoms with Crippen LogP contribution in [0.2, 0.25) is 0 Å². The highest BCUT2D eigenvalue weighted by Gasteiger charge is 2.25. The molecule has 6 nitrogen and oxygen atoms in total. The van der Waals surface area contributed by atoms with E-state index in [-0.39, 0.29) is 12.5 Å². The van der Waals surface area contributed by atoms with E-state index in [1.807, 2.05) is 0 Å². The second-order valence-corrected chi connectivity index (χ2v) is 14.4. The van der Waals surface area contributed by atoms with Crippen molar-refractivity contribution in [1.82, 2.24) is 5.32 Å². The molecule has 2 N–H and O–H groups in total. The SMILES string of the molecule is CCCCCCCCCCCCCCCC(=O)N[C@@H](CC(=O)O)C(=O)OCCCCCCCCCCCCCCCCCC(C)C. The van der Waals surface area contributed by atoms with Crippen molar-refractivity contribution in [2.45, 2.75) is 226 Å². The summed E-state index contributed by atoms with van der Waals surface area (Å²) < 4.78 is 5.34. The molecule has 0 aromatic heterocycles. The van der Waals surface area contributed by atoms with Crippen LogP contribution in [0, 0.1) is 5.92 Å². The van der Waals surface area contributed by atoms with Crippen LogP contribution in [0.5, 0.6) is 0 Å². The Kier molecular flexibility index (Phi) is 33.5. The molecule has 0 bridgehead atoms. The fraction of sp³-hybridized carbons (Fsp3) is 0.925. The highest BCUT2D eigenvalue weighted by atomic mass is 16.5. The standard InChI is InChI=1S/C40H77NO5/c1-4-5-6-7-8-9-10-14-18-21-24-27-30-33-38(42)41-37(35-39(43)44)40(45)46-34-31-28-25-22-19-16-13-11-12-15-17-20-23-26-29-32-36(2)3/h36-37H,4-35H2,1-3H3,(H,41,42)(H,43,44)/t37-/m0/s1. The minimum atomic E-state index is -1.12. The lowest BCUT2D eigenvalue weighted by Gasteiger charge is -2.16. The Balaban J connectivity index is 3.70. The van der Waals surface area contributed by atoms with Gasteiger partial charge in [0.1, 0.15) is 6.04 Å². The smallest absolute Gasteiger partial charge is 0.329 e. The van der Waals surface area contributed by atoms with E-state index in [0.29, 0.717) is 6.42 Å². The van der Waals surface area contributed by atoms with Gasteiger partial charge in [-0.05, 0) is 18.8 Å². The van der Waals surface area contributed by atoms with Crippen LogP contribution in [0.1, 0.15) is 220 Å². The van der Waals surface area contributed by atoms with Gasteiger partial charge in [-0.1, -0.05) is 194 Å². The van der Waals surface area contributed by atoms with E-state index in [2.05, 4.69) is 26.1 Å². The van der Waals surface area contributed by atoms with E-state index < -0.39 is 24.4 Å². The molecule has 0 saturated heterocycles. The van der Waals surface area contributed by atoms with Crippen molar-refractivity contribution in [3.05, 3.63) is 0 Å². The highest BCUT2D eigenvalue weighted by molar-refractivity contribution is 5.87. The maximum absolute atomic E-state index is 12.5. The van der Waals surface area contributed by atoms with Gasteiger partial charge in [-0.3, -0.25) is 9.59 Å². The summed E-state index contributed by atoms with van der Waals surface area (Å²) in [6, 6.07) is -1.11. The van der Waals surface area contributed by atoms with Crippen LogP contribution in [-0.2, 0) is 19.1 Å². The monoisotopic (exact) mass is 652 g/mol. The molecule has 0 spiro atoms. The van der Waals surface area contributed by atoms with Gasteiger partial charge in [0.25, 0.3) is 0 Å². The largest absolute Gasteiger partial charge is 0.481 e. The van der Waals surface area contributed by atoms with Crippen LogP contribution in [0.3, 0.4) is 0 Å². The molecule has 0 aliphatic heterocycles. The summed E-state index contributed by atoms with van der Waals surface area (Å²) in [4.78, 5) is 36.1. The third-order valence-corrected chi connectivity index (χ3v) is 9.18. The van der Waals surface area contributed by atoms with Crippen LogP contribution in [0.4, 0.5) is 0 Å². The highest BCUT2D eigenvalue weighted by Crippen LogP contribution is 2.16. The predicted molar refractivity (Wildman–Crippen MR) is 194 cm³/mol. The van der Waals surface area contributed by atoms with Gasteiger partial charge in [-0.25, -0.2) is 4.79 Å². The van der Waals surface area contributed by atoms with Gasteiger partial charge in [0.15, 0.2) is 0 Å². The zero-order chi connectivity index (χ0) is 33.9. The molecule has 0 saturated carbocycles. The minimum absolute atomic E-state index is 0.265. The number of nitrogens with one attached hydrogen (secondary N) is 1. The Hall–Kier alpha value is -1.59. The second kappa shape index (κ2) is 34.7. The van der Waals surface area contributed by atoms with Crippen molar-refractivity contribution in [2.24, 2.45) is 5.92 Å². The van der Waals surface area contributed by atoms with Crippen LogP contribution < -0.4 is 5.32 Å². The molecular weight excluding hydrogens is 574 g/mol. The molecule has 46 heavy (non-hydrogen) atoms. The molecule has 0 aromatic carbocycles. The van der Waals surface area contributed by atoms with Gasteiger partial charge < -0.3 is 15.2 Å². The van der Waals surface area contributed by atoms with Gasteiger partial charge in [-0.15, -0.1) is 0 Å². The number of aliphatic carboxylic acids is 1. The van der Waals surface area contributed by atoms with Crippen LogP contribution in [-0.4, -0.2) is 35.6 Å². The number of rotatable bonds is 36. The molecule has 0 heterocycles. The van der Waals surface area contributed by atoms with E-state index in [9.17, 15) is 19.5 Å². The van der Waals surface area contributed by atoms with Crippen LogP contribution in [0.25, 0.3) is 0 Å². The van der Waals surface area contributed by atoms with Gasteiger partial charge in [0.2, 0.25) is 5.91 Å². The first-order valence-electron chi connectivity index (χ1n) is 20.0. The van der Waals surface area contributed by atoms with Crippen LogP contribution >= 0.6 is 0 Å². The molecule has 0 aromatic rings. The number of hydrogen-bond donors (Lipinski definition) is 2. The van der Waals surface area contributed by atoms with Crippen LogP contribution in [0.15, 0.2) is 0 Å². The first-order valence-corrected chi connectivity index (χ1v) is 20.0. The van der Waals surface area contributed by atoms with Crippen molar-refractivity contribution in [1.29, 1.82) is 0 Å². The molecule has 1 atom stereocenters. The molecule has 0 aliphatic rings. The first-order chi connectivity index (χ1) is 22.4. The van der Waals surface area contributed by atoms with Crippen molar-refractivity contribution in [3.8, 4) is 0 Å². The Morgan fingerprint density at radius 3 is 1.30 bits per heavy atom. The third-order valence-electron chi connectivity index (χ3n) is 9.18. The zero-order valence-corrected chi connectivity index (χ0v) is 30.9. The van der Waals surface area contributed by atoms with Gasteiger partial charge in [-0.2, -0.15) is 0 Å². The van der Waals surface area contributed by atoms with Gasteiger partial charge in [0.05, 0.1) is 13.0 Å². The molecule has 0 aliphatic carbocycles. The van der Waals surface area contributed by atoms with E-state index in [0.717, 1.165) is 44.4 Å². The Labute approximate surface area is 285 Å². The lowest BCUT2D eigenvalue weighted by molar-refractivity contribution is -0.151. The average molecular weight is 652 g/mol. The van der Waals surface area contributed by atoms with Crippen molar-refractivity contribution < 1.29 is 24.2 Å². The van der Waals surface area contributed by atoms with Gasteiger partial charge >= 0.3 is 11.9 Å². The van der Waals surface area contributed by atoms with E-state index in [1.54, 1.807) is 0 Å². The molecule has 0 unspecified atom stereocenters. The molecular formula is C40H77NO5. The third kappa shape index (κ3) is 33.8. The summed E-state index contributed by atoms with van der Waals surface area (Å²) >= 11 is 0. The number of amides is 1. The summed E-state index contributed by atoms with van der Waals surface area (Å²) in [5, 5.41) is 11.8. The van der Waals surface area contributed by atoms with E-state index >= 15 is 0 Å². The number of ether oxygens (including phenoxy) is 1. The lowest BCUT2D eigenvalue weighted by atomic mass is 10.0. The second-order valence-electron chi connectivity index (χ2n) is 14.4. The topological polar surface area (TPSA) is 92.7 Å². The maximum Gasteiger partial charge on any atom is 0.329 e. The van der Waals surface area contributed by atoms with E-state index in [4.69, 9.17) is 4.74 Å². The maximum atomic E-state index is 12.5. The molecule has 272 valence electrons. The molecule has 6 heteroatoms. The Bertz CT molecular complexity index is 695. The summed E-state index contributed by atoms with van der Waals surface area (Å²) in [7, 11) is 0. The predicted octanol–water partition coefficient (Wildman–Crippen LogP) is 11.9. The Morgan fingerprint density at radius 2 is 0.913 bits per heavy atom. The van der Waals surface area contributed by atoms with Gasteiger partial charge in [0, 0.05) is 6.42 Å². The number of carbonyl (C=O) groups excluding carboxylic acids is 2. The van der Waals surface area contributed by atoms with Crippen molar-refractivity contribution in [2.75, 3.05) is 6.61 Å². The number of carboxylic acids is 1. The van der Waals surface area contributed by atoms with Crippen molar-refractivity contribution >= 4 is 17.8 Å². The minimum Gasteiger partial charge on any atom is -0.481 e. The number of carbonyl (C=O) groups is 3. The fourth-order valence-electron chi connectivity index (χ4n) is 6.16. The number of unbranched alkanes of at least 4 members (excludes halogenated alkanes) is 26. The number of esters is 1. The summed E-state index contributed by atoms with van der Waals surface area (Å²) in [6.07, 6.45) is 36.5. The summed E-state index contributed by atoms with van der Waals surface area (Å²) in [6.45, 7) is 7.16. The quantitative estimate of drug-likeness (QED) is 0.0519. The summed E-state index contributed by atoms with van der Waals surface area (Å²) in [5.74, 6) is -1.17. The molecule has 0 fully saturated rings. The molecule has 0 rings (SSSR count). The number of carboxylic acid groups (broad SMARTS) is 1. The fourth-order valence-corrected chi connectivity index (χ4v) is 6.16. The Morgan fingerprint density at radius 1 is 0.543 bits per heavy atom. The molecule has 1 amide bonds.